The maximum atomic E-state index is 5.36. The van der Waals surface area contributed by atoms with Crippen molar-refractivity contribution < 1.29 is 34.3 Å². The van der Waals surface area contributed by atoms with E-state index in [2.05, 4.69) is 90.7 Å². The first kappa shape index (κ1) is 37.2. The van der Waals surface area contributed by atoms with E-state index in [-0.39, 0.29) is 21.1 Å². The minimum absolute atomic E-state index is 0. The molecule has 29 heavy (non-hydrogen) atoms. The minimum Gasteiger partial charge on any atom is -0.386 e. The van der Waals surface area contributed by atoms with Crippen LogP contribution in [0.1, 0.15) is 13.3 Å². The number of allylic oxidation sites excluding steroid dienone is 4. The largest absolute Gasteiger partial charge is 4.00 e. The van der Waals surface area contributed by atoms with Gasteiger partial charge in [-0.25, -0.2) is 5.57 Å². The van der Waals surface area contributed by atoms with Gasteiger partial charge in [-0.2, -0.15) is 6.08 Å². The van der Waals surface area contributed by atoms with Gasteiger partial charge in [-0.1, -0.05) is 65.8 Å². The zero-order chi connectivity index (χ0) is 23.4. The van der Waals surface area contributed by atoms with E-state index in [1.54, 1.807) is 21.3 Å². The first-order valence-corrected chi connectivity index (χ1v) is 22.5. The summed E-state index contributed by atoms with van der Waals surface area (Å²) in [6.07, 6.45) is 6.08. The van der Waals surface area contributed by atoms with Gasteiger partial charge in [0.25, 0.3) is 0 Å². The zero-order valence-corrected chi connectivity index (χ0v) is 27.7. The van der Waals surface area contributed by atoms with Crippen LogP contribution in [0.15, 0.2) is 16.8 Å². The fourth-order valence-electron chi connectivity index (χ4n) is 1.49. The van der Waals surface area contributed by atoms with Crippen molar-refractivity contribution in [3.05, 3.63) is 42.6 Å². The van der Waals surface area contributed by atoms with Crippen molar-refractivity contribution in [1.29, 1.82) is 0 Å². The fraction of sp³-hybridized carbons (Fsp3) is 0.667. The van der Waals surface area contributed by atoms with Crippen molar-refractivity contribution >= 4 is 33.0 Å². The topological polar surface area (TPSA) is 27.7 Å². The molecule has 0 unspecified atom stereocenters. The molecule has 176 valence electrons. The molecular formula is C21H48O3PtSi4. The van der Waals surface area contributed by atoms with Gasteiger partial charge in [0.1, 0.15) is 0 Å². The van der Waals surface area contributed by atoms with Crippen LogP contribution in [-0.2, 0) is 34.3 Å². The van der Waals surface area contributed by atoms with Crippen molar-refractivity contribution in [1.82, 2.24) is 0 Å². The molecule has 0 saturated heterocycles. The molecule has 8 heteroatoms. The van der Waals surface area contributed by atoms with Gasteiger partial charge in [-0.05, 0) is 0 Å². The summed E-state index contributed by atoms with van der Waals surface area (Å²) in [6, 6.07) is 0. The number of hydrogen-bond donors (Lipinski definition) is 0. The Bertz CT molecular complexity index is 415. The summed E-state index contributed by atoms with van der Waals surface area (Å²) in [4.78, 5) is 0. The van der Waals surface area contributed by atoms with Gasteiger partial charge in [0, 0.05) is 21.3 Å². The maximum Gasteiger partial charge on any atom is 4.00 e. The van der Waals surface area contributed by atoms with Gasteiger partial charge < -0.3 is 32.9 Å². The van der Waals surface area contributed by atoms with E-state index in [0.29, 0.717) is 0 Å². The smallest absolute Gasteiger partial charge is 0.386 e. The first-order chi connectivity index (χ1) is 12.2. The Morgan fingerprint density at radius 2 is 0.966 bits per heavy atom. The van der Waals surface area contributed by atoms with Crippen molar-refractivity contribution in [3.8, 4) is 0 Å². The molecule has 0 aromatic heterocycles. The molecule has 1 aliphatic rings. The number of hydrogen-bond acceptors (Lipinski definition) is 3. The van der Waals surface area contributed by atoms with Crippen LogP contribution in [0.5, 0.6) is 0 Å². The molecule has 0 radical (unpaired) electrons. The third kappa shape index (κ3) is 31.2. The first-order valence-electron chi connectivity index (χ1n) is 9.70. The molecule has 0 aromatic rings. The van der Waals surface area contributed by atoms with Crippen molar-refractivity contribution in [2.24, 2.45) is 0 Å². The monoisotopic (exact) mass is 655 g/mol. The molecule has 0 heterocycles. The summed E-state index contributed by atoms with van der Waals surface area (Å²) in [5.74, 6) is 0. The van der Waals surface area contributed by atoms with Crippen molar-refractivity contribution in [2.75, 3.05) is 21.3 Å². The van der Waals surface area contributed by atoms with Crippen molar-refractivity contribution in [2.45, 2.75) is 72.3 Å². The minimum atomic E-state index is -2.59. The fourth-order valence-corrected chi connectivity index (χ4v) is 3.55. The summed E-state index contributed by atoms with van der Waals surface area (Å²) in [7, 11) is -0.319. The average Bonchev–Trinajstić information content (AvgIpc) is 2.83. The van der Waals surface area contributed by atoms with Gasteiger partial charge >= 0.3 is 29.9 Å². The molecule has 3 nitrogen and oxygen atoms in total. The Balaban J connectivity index is -0.000000164. The van der Waals surface area contributed by atoms with Gasteiger partial charge in [0.2, 0.25) is 0 Å². The van der Waals surface area contributed by atoms with E-state index in [9.17, 15) is 0 Å². The summed E-state index contributed by atoms with van der Waals surface area (Å²) in [5, 5.41) is 1.04. The van der Waals surface area contributed by atoms with Crippen LogP contribution in [0.2, 0.25) is 58.9 Å². The number of rotatable bonds is 4. The van der Waals surface area contributed by atoms with Crippen LogP contribution in [-0.4, -0.2) is 54.4 Å². The molecule has 0 saturated carbocycles. The molecule has 0 N–H and O–H groups in total. The van der Waals surface area contributed by atoms with E-state index in [0.717, 1.165) is 17.2 Å². The molecule has 0 spiro atoms. The van der Waals surface area contributed by atoms with E-state index in [4.69, 9.17) is 13.3 Å². The average molecular weight is 656 g/mol. The molecule has 1 aliphatic carbocycles. The molecule has 0 aromatic carbocycles. The van der Waals surface area contributed by atoms with Crippen molar-refractivity contribution in [3.63, 3.8) is 0 Å². The molecule has 0 amide bonds. The van der Waals surface area contributed by atoms with E-state index >= 15 is 0 Å². The summed E-state index contributed by atoms with van der Waals surface area (Å²) in [6.45, 7) is 33.7. The Morgan fingerprint density at radius 3 is 1.10 bits per heavy atom. The summed E-state index contributed by atoms with van der Waals surface area (Å²) in [5.41, 5.74) is 1.08. The van der Waals surface area contributed by atoms with Gasteiger partial charge in [-0.15, -0.1) is 35.8 Å². The van der Waals surface area contributed by atoms with Crippen LogP contribution in [0.25, 0.3) is 0 Å². The molecule has 0 aliphatic heterocycles. The summed E-state index contributed by atoms with van der Waals surface area (Å²) >= 11 is 0. The quantitative estimate of drug-likeness (QED) is 0.253. The Kier molecular flexibility index (Phi) is 21.2. The zero-order valence-electron chi connectivity index (χ0n) is 21.4. The predicted octanol–water partition coefficient (Wildman–Crippen LogP) is 6.57. The molecule has 0 atom stereocenters. The third-order valence-corrected chi connectivity index (χ3v) is 5.06. The summed E-state index contributed by atoms with van der Waals surface area (Å²) < 4.78 is 16.1. The predicted molar refractivity (Wildman–Crippen MR) is 138 cm³/mol. The van der Waals surface area contributed by atoms with E-state index < -0.39 is 33.0 Å². The molecule has 0 fully saturated rings. The van der Waals surface area contributed by atoms with Crippen LogP contribution in [0.4, 0.5) is 0 Å². The van der Waals surface area contributed by atoms with Crippen LogP contribution >= 0.6 is 0 Å². The van der Waals surface area contributed by atoms with E-state index in [1.807, 2.05) is 6.92 Å². The van der Waals surface area contributed by atoms with Gasteiger partial charge in [0.15, 0.2) is 0 Å². The molecule has 1 rings (SSSR count). The van der Waals surface area contributed by atoms with Gasteiger partial charge in [-0.3, -0.25) is 6.08 Å². The second-order valence-corrected chi connectivity index (χ2v) is 28.7. The maximum absolute atomic E-state index is 5.36. The SMILES string of the molecule is CO[Si](OC)(OC)C1=CC[C-]=C1C.[CH2-][Si](C)(C)C.[CH2-][Si](C)(C)C.[CH2-][Si](C)(C)C.[Pt+4]. The van der Waals surface area contributed by atoms with Crippen LogP contribution in [0, 0.1) is 25.7 Å². The second kappa shape index (κ2) is 16.5. The molecule has 0 bridgehead atoms. The van der Waals surface area contributed by atoms with Gasteiger partial charge in [0.05, 0.1) is 0 Å². The van der Waals surface area contributed by atoms with E-state index in [1.165, 1.54) is 0 Å². The normalized spacial score (nSPS) is 13.9. The Labute approximate surface area is 202 Å². The molecular weight excluding hydrogens is 608 g/mol. The van der Waals surface area contributed by atoms with Crippen LogP contribution in [0.3, 0.4) is 0 Å². The Hall–Kier alpha value is 0.916. The third-order valence-electron chi connectivity index (χ3n) is 2.21. The Morgan fingerprint density at radius 1 is 0.724 bits per heavy atom. The van der Waals surface area contributed by atoms with Crippen LogP contribution < -0.4 is 0 Å². The second-order valence-electron chi connectivity index (χ2n) is 10.5. The standard InChI is InChI=1S/C9H15O3Si.3C4H11Si.Pt/c1-8-6-5-7-9(8)13(10-2,11-3)12-4;3*1-5(2,3)4;/h7H,5H2,1-4H3;3*1H2,2-4H3;/q4*-1;+4.